The molecule has 0 aliphatic rings. The molecule has 8 nitrogen and oxygen atoms in total. The lowest BCUT2D eigenvalue weighted by Crippen LogP contribution is -2.23. The molecule has 5 aromatic rings. The number of anilines is 1. The molecule has 232 valence electrons. The molecular formula is C32H27F3N4O4S2. The van der Waals surface area contributed by atoms with Gasteiger partial charge in [-0.1, -0.05) is 54.6 Å². The molecule has 0 amide bonds. The van der Waals surface area contributed by atoms with E-state index < -0.39 is 33.7 Å². The van der Waals surface area contributed by atoms with Gasteiger partial charge in [0.05, 0.1) is 16.7 Å². The average molecular weight is 653 g/mol. The van der Waals surface area contributed by atoms with Crippen LogP contribution in [0, 0.1) is 0 Å². The third kappa shape index (κ3) is 8.19. The van der Waals surface area contributed by atoms with Crippen LogP contribution in [0.2, 0.25) is 0 Å². The van der Waals surface area contributed by atoms with E-state index in [0.717, 1.165) is 23.3 Å². The van der Waals surface area contributed by atoms with Gasteiger partial charge >= 0.3 is 6.18 Å². The lowest BCUT2D eigenvalue weighted by molar-refractivity contribution is -0.0885. The van der Waals surface area contributed by atoms with E-state index in [9.17, 15) is 31.5 Å². The third-order valence-electron chi connectivity index (χ3n) is 6.82. The Kier molecular flexibility index (Phi) is 9.73. The number of alkyl halides is 3. The smallest absolute Gasteiger partial charge is 0.387 e. The van der Waals surface area contributed by atoms with Gasteiger partial charge in [0.25, 0.3) is 15.8 Å². The quantitative estimate of drug-likeness (QED) is 0.107. The standard InChI is InChI=1S/C32H27F3N4O4S2/c33-32(34,35)30(41)23-7-5-22(6-8-23)28-20-44-31(38-28)24-9-13-27(14-10-24)45(42,43)39-26-11-3-21(4-12-26)15-17-37-19-29(40)25-2-1-16-36-18-25/h1-14,16,18,20,29,37,39-40H,15,17,19H2/t29-/m0/s1. The molecule has 0 aliphatic heterocycles. The molecular weight excluding hydrogens is 626 g/mol. The number of nitrogens with one attached hydrogen (secondary N) is 2. The van der Waals surface area contributed by atoms with E-state index >= 15 is 0 Å². The number of rotatable bonds is 12. The lowest BCUT2D eigenvalue weighted by atomic mass is 10.1. The number of thiazole rings is 1. The predicted molar refractivity (Wildman–Crippen MR) is 166 cm³/mol. The van der Waals surface area contributed by atoms with Crippen molar-refractivity contribution in [2.45, 2.75) is 23.6 Å². The summed E-state index contributed by atoms with van der Waals surface area (Å²) in [6, 6.07) is 21.9. The van der Waals surface area contributed by atoms with Crippen molar-refractivity contribution in [2.24, 2.45) is 0 Å². The summed E-state index contributed by atoms with van der Waals surface area (Å²) in [6.45, 7) is 1.02. The van der Waals surface area contributed by atoms with Crippen LogP contribution in [0.1, 0.15) is 27.6 Å². The number of pyridine rings is 1. The van der Waals surface area contributed by atoms with Crippen LogP contribution in [0.5, 0.6) is 0 Å². The summed E-state index contributed by atoms with van der Waals surface area (Å²) >= 11 is 1.29. The fourth-order valence-electron chi connectivity index (χ4n) is 4.39. The molecule has 45 heavy (non-hydrogen) atoms. The second-order valence-electron chi connectivity index (χ2n) is 10.0. The lowest BCUT2D eigenvalue weighted by Gasteiger charge is -2.12. The molecule has 0 saturated heterocycles. The molecule has 13 heteroatoms. The molecule has 2 aromatic heterocycles. The van der Waals surface area contributed by atoms with Crippen molar-refractivity contribution in [3.8, 4) is 21.8 Å². The van der Waals surface area contributed by atoms with Gasteiger partial charge in [-0.15, -0.1) is 11.3 Å². The first-order valence-corrected chi connectivity index (χ1v) is 16.0. The van der Waals surface area contributed by atoms with Gasteiger partial charge in [0.2, 0.25) is 0 Å². The fraction of sp³-hybridized carbons (Fsp3) is 0.156. The van der Waals surface area contributed by atoms with Crippen molar-refractivity contribution in [1.29, 1.82) is 0 Å². The van der Waals surface area contributed by atoms with Gasteiger partial charge in [-0.3, -0.25) is 14.5 Å². The minimum Gasteiger partial charge on any atom is -0.387 e. The molecule has 3 aromatic carbocycles. The molecule has 0 aliphatic carbocycles. The number of ketones is 1. The van der Waals surface area contributed by atoms with Crippen molar-refractivity contribution in [3.05, 3.63) is 119 Å². The van der Waals surface area contributed by atoms with Crippen LogP contribution >= 0.6 is 11.3 Å². The molecule has 0 bridgehead atoms. The minimum atomic E-state index is -4.94. The number of aromatic nitrogens is 2. The molecule has 3 N–H and O–H groups in total. The Balaban J connectivity index is 1.15. The van der Waals surface area contributed by atoms with Crippen LogP contribution in [0.3, 0.4) is 0 Å². The number of hydrogen-bond acceptors (Lipinski definition) is 8. The van der Waals surface area contributed by atoms with Gasteiger partial charge in [0, 0.05) is 52.3 Å². The van der Waals surface area contributed by atoms with E-state index in [4.69, 9.17) is 0 Å². The number of halogens is 3. The van der Waals surface area contributed by atoms with Crippen LogP contribution in [-0.2, 0) is 16.4 Å². The second-order valence-corrected chi connectivity index (χ2v) is 12.6. The monoisotopic (exact) mass is 652 g/mol. The minimum absolute atomic E-state index is 0.0633. The van der Waals surface area contributed by atoms with Gasteiger partial charge in [-0.25, -0.2) is 13.4 Å². The van der Waals surface area contributed by atoms with Gasteiger partial charge in [-0.05, 0) is 48.9 Å². The highest BCUT2D eigenvalue weighted by Gasteiger charge is 2.39. The van der Waals surface area contributed by atoms with E-state index in [1.54, 1.807) is 48.1 Å². The largest absolute Gasteiger partial charge is 0.454 e. The zero-order valence-electron chi connectivity index (χ0n) is 23.5. The topological polar surface area (TPSA) is 121 Å². The third-order valence-corrected chi connectivity index (χ3v) is 9.11. The normalized spacial score (nSPS) is 12.5. The predicted octanol–water partition coefficient (Wildman–Crippen LogP) is 6.28. The van der Waals surface area contributed by atoms with E-state index in [2.05, 4.69) is 20.0 Å². The highest BCUT2D eigenvalue weighted by molar-refractivity contribution is 7.92. The average Bonchev–Trinajstić information content (AvgIpc) is 3.54. The second kappa shape index (κ2) is 13.7. The Morgan fingerprint density at radius 3 is 2.27 bits per heavy atom. The fourth-order valence-corrected chi connectivity index (χ4v) is 6.28. The summed E-state index contributed by atoms with van der Waals surface area (Å²) in [5, 5.41) is 15.7. The van der Waals surface area contributed by atoms with Crippen LogP contribution in [-0.4, -0.2) is 48.5 Å². The van der Waals surface area contributed by atoms with Crippen molar-refractivity contribution in [3.63, 3.8) is 0 Å². The molecule has 0 unspecified atom stereocenters. The first kappa shape index (κ1) is 32.0. The number of nitrogens with zero attached hydrogens (tertiary/aromatic N) is 2. The number of benzene rings is 3. The summed E-state index contributed by atoms with van der Waals surface area (Å²) in [5.41, 5.74) is 3.42. The summed E-state index contributed by atoms with van der Waals surface area (Å²) in [7, 11) is -3.86. The Morgan fingerprint density at radius 1 is 0.933 bits per heavy atom. The van der Waals surface area contributed by atoms with Gasteiger partial charge < -0.3 is 10.4 Å². The molecule has 0 spiro atoms. The van der Waals surface area contributed by atoms with Crippen molar-refractivity contribution in [1.82, 2.24) is 15.3 Å². The SMILES string of the molecule is O=C(c1ccc(-c2csc(-c3ccc(S(=O)(=O)Nc4ccc(CCNC[C@H](O)c5cccnc5)cc4)cc3)n2)cc1)C(F)(F)F. The number of Topliss-reactive ketones (excluding diaryl/α,β-unsaturated/α-hetero) is 1. The summed E-state index contributed by atoms with van der Waals surface area (Å²) < 4.78 is 66.6. The molecule has 0 fully saturated rings. The van der Waals surface area contributed by atoms with Crippen LogP contribution in [0.4, 0.5) is 18.9 Å². The Labute approximate surface area is 261 Å². The Bertz CT molecular complexity index is 1850. The van der Waals surface area contributed by atoms with E-state index in [0.29, 0.717) is 47.0 Å². The maximum atomic E-state index is 13.0. The summed E-state index contributed by atoms with van der Waals surface area (Å²) in [5.74, 6) is -1.91. The summed E-state index contributed by atoms with van der Waals surface area (Å²) in [6.07, 6.45) is -1.63. The van der Waals surface area contributed by atoms with Crippen molar-refractivity contribution >= 4 is 32.8 Å². The Morgan fingerprint density at radius 2 is 1.62 bits per heavy atom. The van der Waals surface area contributed by atoms with E-state index in [1.165, 1.54) is 35.6 Å². The number of hydrogen-bond donors (Lipinski definition) is 3. The van der Waals surface area contributed by atoms with Crippen molar-refractivity contribution in [2.75, 3.05) is 17.8 Å². The molecule has 0 saturated carbocycles. The highest BCUT2D eigenvalue weighted by atomic mass is 32.2. The number of carbonyl (C=O) groups excluding carboxylic acids is 1. The van der Waals surface area contributed by atoms with Gasteiger partial charge in [0.15, 0.2) is 0 Å². The number of sulfonamides is 1. The van der Waals surface area contributed by atoms with Crippen LogP contribution in [0.15, 0.2) is 108 Å². The highest BCUT2D eigenvalue weighted by Crippen LogP contribution is 2.31. The van der Waals surface area contributed by atoms with Crippen molar-refractivity contribution < 1.29 is 31.5 Å². The first-order valence-electron chi connectivity index (χ1n) is 13.7. The maximum Gasteiger partial charge on any atom is 0.454 e. The number of aliphatic hydroxyl groups is 1. The molecule has 1 atom stereocenters. The Hall–Kier alpha value is -4.43. The van der Waals surface area contributed by atoms with Gasteiger partial charge in [-0.2, -0.15) is 13.2 Å². The first-order chi connectivity index (χ1) is 21.5. The molecule has 5 rings (SSSR count). The maximum absolute atomic E-state index is 13.0. The van der Waals surface area contributed by atoms with E-state index in [1.807, 2.05) is 18.2 Å². The molecule has 0 radical (unpaired) electrons. The summed E-state index contributed by atoms with van der Waals surface area (Å²) in [4.78, 5) is 20.0. The van der Waals surface area contributed by atoms with E-state index in [-0.39, 0.29) is 4.90 Å². The zero-order chi connectivity index (χ0) is 32.0. The molecule has 2 heterocycles. The van der Waals surface area contributed by atoms with Crippen LogP contribution in [0.25, 0.3) is 21.8 Å². The number of carbonyl (C=O) groups is 1. The zero-order valence-corrected chi connectivity index (χ0v) is 25.2. The number of aliphatic hydroxyl groups excluding tert-OH is 1. The van der Waals surface area contributed by atoms with Crippen LogP contribution < -0.4 is 10.0 Å². The van der Waals surface area contributed by atoms with Gasteiger partial charge in [0.1, 0.15) is 5.01 Å².